The van der Waals surface area contributed by atoms with Crippen molar-refractivity contribution in [3.8, 4) is 17.7 Å². The van der Waals surface area contributed by atoms with Gasteiger partial charge in [-0.2, -0.15) is 10.2 Å². The van der Waals surface area contributed by atoms with E-state index in [-0.39, 0.29) is 5.88 Å². The summed E-state index contributed by atoms with van der Waals surface area (Å²) in [5.74, 6) is 0.251. The smallest absolute Gasteiger partial charge is 0.225 e. The highest BCUT2D eigenvalue weighted by atomic mass is 16.5. The first-order valence-corrected chi connectivity index (χ1v) is 11.9. The van der Waals surface area contributed by atoms with Gasteiger partial charge in [-0.05, 0) is 37.4 Å². The highest BCUT2D eigenvalue weighted by molar-refractivity contribution is 5.62. The minimum absolute atomic E-state index is 0.186. The number of nitrogens with zero attached hydrogens (tertiary/aromatic N) is 3. The Morgan fingerprint density at radius 1 is 1.17 bits per heavy atom. The fourth-order valence-corrected chi connectivity index (χ4v) is 6.13. The Hall–Kier alpha value is -3.64. The molecule has 8 nitrogen and oxygen atoms in total. The van der Waals surface area contributed by atoms with Crippen LogP contribution in [0.25, 0.3) is 0 Å². The molecular formula is C28H30N4O4. The van der Waals surface area contributed by atoms with Crippen LogP contribution in [-0.2, 0) is 11.2 Å². The molecule has 3 aromatic rings. The van der Waals surface area contributed by atoms with Gasteiger partial charge in [-0.1, -0.05) is 42.5 Å². The van der Waals surface area contributed by atoms with Crippen molar-refractivity contribution < 1.29 is 19.7 Å². The Kier molecular flexibility index (Phi) is 5.87. The first kappa shape index (κ1) is 24.1. The predicted octanol–water partition coefficient (Wildman–Crippen LogP) is 2.82. The van der Waals surface area contributed by atoms with Gasteiger partial charge in [0, 0.05) is 31.5 Å². The molecule has 1 aromatic heterocycles. The number of aliphatic hydroxyl groups excluding tert-OH is 1. The maximum absolute atomic E-state index is 12.8. The van der Waals surface area contributed by atoms with Gasteiger partial charge < -0.3 is 29.9 Å². The van der Waals surface area contributed by atoms with Gasteiger partial charge >= 0.3 is 0 Å². The Morgan fingerprint density at radius 3 is 2.44 bits per heavy atom. The summed E-state index contributed by atoms with van der Waals surface area (Å²) in [7, 11) is 7.11. The molecule has 0 radical (unpaired) electrons. The quantitative estimate of drug-likeness (QED) is 0.488. The number of benzene rings is 2. The summed E-state index contributed by atoms with van der Waals surface area (Å²) >= 11 is 0. The molecule has 2 aromatic carbocycles. The van der Waals surface area contributed by atoms with E-state index in [1.165, 1.54) is 7.11 Å². The van der Waals surface area contributed by atoms with E-state index >= 15 is 0 Å². The second-order valence-electron chi connectivity index (χ2n) is 9.69. The monoisotopic (exact) mass is 486 g/mol. The van der Waals surface area contributed by atoms with Crippen LogP contribution in [-0.4, -0.2) is 61.0 Å². The van der Waals surface area contributed by atoms with E-state index in [9.17, 15) is 15.5 Å². The van der Waals surface area contributed by atoms with E-state index in [1.807, 2.05) is 49.3 Å². The summed E-state index contributed by atoms with van der Waals surface area (Å²) in [6.45, 7) is 0.504. The first-order valence-electron chi connectivity index (χ1n) is 11.9. The minimum Gasteiger partial charge on any atom is -0.481 e. The van der Waals surface area contributed by atoms with Crippen molar-refractivity contribution in [3.63, 3.8) is 0 Å². The maximum Gasteiger partial charge on any atom is 0.225 e. The highest BCUT2D eigenvalue weighted by Crippen LogP contribution is 2.69. The lowest BCUT2D eigenvalue weighted by atomic mass is 9.70. The van der Waals surface area contributed by atoms with Crippen LogP contribution >= 0.6 is 0 Å². The van der Waals surface area contributed by atoms with Gasteiger partial charge in [0.15, 0.2) is 11.2 Å². The number of pyridine rings is 1. The first-order chi connectivity index (χ1) is 17.3. The molecule has 0 spiro atoms. The molecule has 0 unspecified atom stereocenters. The molecule has 8 heteroatoms. The minimum atomic E-state index is -1.89. The van der Waals surface area contributed by atoms with Crippen molar-refractivity contribution in [3.05, 3.63) is 82.9 Å². The molecule has 5 rings (SSSR count). The van der Waals surface area contributed by atoms with Gasteiger partial charge in [-0.25, -0.2) is 0 Å². The van der Waals surface area contributed by atoms with Crippen LogP contribution in [0, 0.1) is 17.2 Å². The van der Waals surface area contributed by atoms with E-state index in [4.69, 9.17) is 9.47 Å². The number of rotatable bonds is 6. The fraction of sp³-hybridized carbons (Fsp3) is 0.357. The molecule has 186 valence electrons. The summed E-state index contributed by atoms with van der Waals surface area (Å²) in [4.78, 5) is 6.52. The molecule has 1 fully saturated rings. The summed E-state index contributed by atoms with van der Waals surface area (Å²) in [6, 6.07) is 20.7. The van der Waals surface area contributed by atoms with Crippen molar-refractivity contribution in [1.82, 2.24) is 9.88 Å². The number of nitriles is 1. The van der Waals surface area contributed by atoms with Gasteiger partial charge in [-0.3, -0.25) is 0 Å². The molecule has 1 saturated carbocycles. The molecule has 2 aliphatic rings. The molecule has 0 saturated heterocycles. The third kappa shape index (κ3) is 3.21. The van der Waals surface area contributed by atoms with Gasteiger partial charge in [0.2, 0.25) is 5.88 Å². The van der Waals surface area contributed by atoms with Crippen LogP contribution in [0.15, 0.2) is 60.7 Å². The molecule has 36 heavy (non-hydrogen) atoms. The van der Waals surface area contributed by atoms with E-state index in [2.05, 4.69) is 16.4 Å². The molecule has 1 aliphatic heterocycles. The van der Waals surface area contributed by atoms with Gasteiger partial charge in [0.25, 0.3) is 0 Å². The number of anilines is 1. The molecule has 2 heterocycles. The Labute approximate surface area is 210 Å². The second-order valence-corrected chi connectivity index (χ2v) is 9.69. The molecule has 5 atom stereocenters. The van der Waals surface area contributed by atoms with Crippen molar-refractivity contribution in [2.24, 2.45) is 5.92 Å². The van der Waals surface area contributed by atoms with Crippen molar-refractivity contribution in [2.75, 3.05) is 40.1 Å². The average molecular weight is 487 g/mol. The van der Waals surface area contributed by atoms with E-state index in [1.54, 1.807) is 37.4 Å². The summed E-state index contributed by atoms with van der Waals surface area (Å²) in [6.07, 6.45) is -1.21. The number of aliphatic hydroxyl groups is 2. The number of aromatic nitrogens is 1. The summed E-state index contributed by atoms with van der Waals surface area (Å²) < 4.78 is 12.5. The van der Waals surface area contributed by atoms with Crippen LogP contribution in [0.3, 0.4) is 0 Å². The molecule has 0 amide bonds. The lowest BCUT2D eigenvalue weighted by molar-refractivity contribution is -0.152. The number of nitrogens with one attached hydrogen (secondary N) is 1. The van der Waals surface area contributed by atoms with Crippen LogP contribution in [0.2, 0.25) is 0 Å². The van der Waals surface area contributed by atoms with E-state index in [0.717, 1.165) is 5.56 Å². The third-order valence-corrected chi connectivity index (χ3v) is 7.50. The number of hydrogen-bond donors (Lipinski definition) is 3. The van der Waals surface area contributed by atoms with E-state index in [0.29, 0.717) is 34.8 Å². The largest absolute Gasteiger partial charge is 0.481 e. The van der Waals surface area contributed by atoms with Crippen LogP contribution in [0.4, 0.5) is 5.82 Å². The summed E-state index contributed by atoms with van der Waals surface area (Å²) in [5.41, 5.74) is -0.901. The number of methoxy groups -OCH3 is 1. The topological polar surface area (TPSA) is 111 Å². The van der Waals surface area contributed by atoms with Crippen molar-refractivity contribution in [1.29, 1.82) is 5.26 Å². The number of ether oxygens (including phenoxy) is 2. The second kappa shape index (κ2) is 8.79. The van der Waals surface area contributed by atoms with Crippen LogP contribution in [0.1, 0.15) is 28.2 Å². The van der Waals surface area contributed by atoms with Crippen molar-refractivity contribution >= 4 is 5.82 Å². The zero-order chi connectivity index (χ0) is 25.7. The third-order valence-electron chi connectivity index (χ3n) is 7.50. The fourth-order valence-electron chi connectivity index (χ4n) is 6.13. The number of hydrogen-bond acceptors (Lipinski definition) is 8. The Balaban J connectivity index is 1.86. The Morgan fingerprint density at radius 2 is 1.86 bits per heavy atom. The normalized spacial score (nSPS) is 28.2. The van der Waals surface area contributed by atoms with Crippen LogP contribution in [0.5, 0.6) is 11.6 Å². The molecule has 3 N–H and O–H groups in total. The van der Waals surface area contributed by atoms with Crippen molar-refractivity contribution in [2.45, 2.75) is 23.2 Å². The lowest BCUT2D eigenvalue weighted by Gasteiger charge is -2.41. The zero-order valence-corrected chi connectivity index (χ0v) is 20.8. The molecule has 1 aliphatic carbocycles. The molecular weight excluding hydrogens is 456 g/mol. The van der Waals surface area contributed by atoms with Gasteiger partial charge in [0.1, 0.15) is 11.6 Å². The van der Waals surface area contributed by atoms with Crippen LogP contribution < -0.4 is 14.8 Å². The van der Waals surface area contributed by atoms with E-state index < -0.39 is 29.1 Å². The highest BCUT2D eigenvalue weighted by Gasteiger charge is 2.76. The standard InChI is InChI=1S/C28H30N4O4/c1-30-22-14-21-24(26(31-22)35-4)27(34)25(33)20(16-32(2)3)23(18-8-6-5-7-9-18)28(27,36-21)19-12-10-17(15-29)11-13-19/h5-14,20,23,25,33-34H,16H2,1-4H3,(H,30,31)/t20-,23-,25-,27+,28+/m1/s1. The summed E-state index contributed by atoms with van der Waals surface area (Å²) in [5, 5.41) is 37.2. The predicted molar refractivity (Wildman–Crippen MR) is 135 cm³/mol. The lowest BCUT2D eigenvalue weighted by Crippen LogP contribution is -2.52. The maximum atomic E-state index is 12.8. The Bertz CT molecular complexity index is 1310. The van der Waals surface area contributed by atoms with Gasteiger partial charge in [-0.15, -0.1) is 0 Å². The SMILES string of the molecule is CNc1cc2c(c(OC)n1)[C@]1(O)[C@H](O)[C@H](CN(C)C)[C@@H](c3ccccc3)[C@]1(c1ccc(C#N)cc1)O2. The van der Waals surface area contributed by atoms with Gasteiger partial charge in [0.05, 0.1) is 30.4 Å². The zero-order valence-electron chi connectivity index (χ0n) is 20.8. The molecule has 0 bridgehead atoms. The number of fused-ring (bicyclic) bond motifs is 3. The average Bonchev–Trinajstić information content (AvgIpc) is 3.26.